The average molecular weight is 341 g/mol. The summed E-state index contributed by atoms with van der Waals surface area (Å²) in [5, 5.41) is 14.1. The lowest BCUT2D eigenvalue weighted by Crippen LogP contribution is -2.28. The van der Waals surface area contributed by atoms with E-state index < -0.39 is 6.10 Å². The number of nitrogens with one attached hydrogen (secondary N) is 1. The first kappa shape index (κ1) is 17.7. The molecule has 0 bridgehead atoms. The Kier molecular flexibility index (Phi) is 5.89. The van der Waals surface area contributed by atoms with Crippen molar-refractivity contribution < 1.29 is 9.84 Å². The molecule has 2 heterocycles. The molecular weight excluding hydrogens is 314 g/mol. The highest BCUT2D eigenvalue weighted by Crippen LogP contribution is 2.28. The fraction of sp³-hybridized carbons (Fsp3) is 0.450. The van der Waals surface area contributed by atoms with Crippen LogP contribution in [0.5, 0.6) is 5.75 Å². The van der Waals surface area contributed by atoms with Gasteiger partial charge in [-0.1, -0.05) is 17.7 Å². The number of methoxy groups -OCH3 is 1. The molecule has 1 saturated heterocycles. The van der Waals surface area contributed by atoms with Crippen LogP contribution in [0.15, 0.2) is 42.6 Å². The summed E-state index contributed by atoms with van der Waals surface area (Å²) in [6.07, 6.45) is 2.41. The van der Waals surface area contributed by atoms with E-state index in [1.54, 1.807) is 13.3 Å². The Bertz CT molecular complexity index is 678. The number of likely N-dealkylation sites (tertiary alicyclic amines) is 1. The quantitative estimate of drug-likeness (QED) is 0.811. The van der Waals surface area contributed by atoms with Crippen molar-refractivity contribution in [1.29, 1.82) is 0 Å². The van der Waals surface area contributed by atoms with Gasteiger partial charge in [0.15, 0.2) is 0 Å². The Hall–Kier alpha value is -2.11. The molecular formula is C20H27N3O2. The van der Waals surface area contributed by atoms with E-state index in [4.69, 9.17) is 4.74 Å². The maximum Gasteiger partial charge on any atom is 0.125 e. The van der Waals surface area contributed by atoms with E-state index >= 15 is 0 Å². The summed E-state index contributed by atoms with van der Waals surface area (Å²) < 4.78 is 5.40. The van der Waals surface area contributed by atoms with E-state index in [1.807, 2.05) is 43.3 Å². The Morgan fingerprint density at radius 2 is 2.24 bits per heavy atom. The summed E-state index contributed by atoms with van der Waals surface area (Å²) in [4.78, 5) is 6.63. The van der Waals surface area contributed by atoms with Crippen molar-refractivity contribution in [1.82, 2.24) is 9.88 Å². The average Bonchev–Trinajstić information content (AvgIpc) is 3.08. The number of aryl methyl sites for hydroxylation is 1. The highest BCUT2D eigenvalue weighted by Gasteiger charge is 2.25. The SMILES string of the molecule is COc1ccc(C)cc1[C@H](O)CN1CC[C@@H](CNc2ccccn2)C1. The molecule has 3 rings (SSSR count). The van der Waals surface area contributed by atoms with Gasteiger partial charge < -0.3 is 20.1 Å². The van der Waals surface area contributed by atoms with Gasteiger partial charge in [0.25, 0.3) is 0 Å². The van der Waals surface area contributed by atoms with Crippen LogP contribution in [0, 0.1) is 12.8 Å². The van der Waals surface area contributed by atoms with Crippen LogP contribution in [0.25, 0.3) is 0 Å². The van der Waals surface area contributed by atoms with Crippen LogP contribution in [0.1, 0.15) is 23.7 Å². The third kappa shape index (κ3) is 4.71. The van der Waals surface area contributed by atoms with E-state index in [9.17, 15) is 5.11 Å². The Balaban J connectivity index is 1.52. The predicted molar refractivity (Wildman–Crippen MR) is 100.0 cm³/mol. The highest BCUT2D eigenvalue weighted by atomic mass is 16.5. The zero-order valence-corrected chi connectivity index (χ0v) is 15.0. The maximum atomic E-state index is 10.7. The standard InChI is InChI=1S/C20H27N3O2/c1-15-6-7-19(25-2)17(11-15)18(24)14-23-10-8-16(13-23)12-22-20-5-3-4-9-21-20/h3-7,9,11,16,18,24H,8,10,12-14H2,1-2H3,(H,21,22)/t16-,18+/m0/s1. The van der Waals surface area contributed by atoms with Gasteiger partial charge in [-0.2, -0.15) is 0 Å². The molecule has 25 heavy (non-hydrogen) atoms. The topological polar surface area (TPSA) is 57.6 Å². The zero-order chi connectivity index (χ0) is 17.6. The van der Waals surface area contributed by atoms with Crippen molar-refractivity contribution in [3.63, 3.8) is 0 Å². The summed E-state index contributed by atoms with van der Waals surface area (Å²) >= 11 is 0. The normalized spacial score (nSPS) is 18.9. The summed E-state index contributed by atoms with van der Waals surface area (Å²) in [7, 11) is 1.65. The van der Waals surface area contributed by atoms with Crippen molar-refractivity contribution in [2.24, 2.45) is 5.92 Å². The smallest absolute Gasteiger partial charge is 0.125 e. The minimum atomic E-state index is -0.530. The largest absolute Gasteiger partial charge is 0.496 e. The van der Waals surface area contributed by atoms with E-state index in [-0.39, 0.29) is 0 Å². The number of aromatic nitrogens is 1. The minimum absolute atomic E-state index is 0.530. The summed E-state index contributed by atoms with van der Waals surface area (Å²) in [6, 6.07) is 11.8. The second-order valence-corrected chi connectivity index (χ2v) is 6.77. The molecule has 0 amide bonds. The maximum absolute atomic E-state index is 10.7. The molecule has 2 atom stereocenters. The van der Waals surface area contributed by atoms with Crippen molar-refractivity contribution >= 4 is 5.82 Å². The van der Waals surface area contributed by atoms with Gasteiger partial charge in [0, 0.05) is 31.4 Å². The molecule has 1 aromatic heterocycles. The lowest BCUT2D eigenvalue weighted by molar-refractivity contribution is 0.121. The van der Waals surface area contributed by atoms with Gasteiger partial charge in [0.1, 0.15) is 11.6 Å². The lowest BCUT2D eigenvalue weighted by Gasteiger charge is -2.22. The van der Waals surface area contributed by atoms with Crippen LogP contribution >= 0.6 is 0 Å². The molecule has 2 aromatic rings. The van der Waals surface area contributed by atoms with Gasteiger partial charge in [0.05, 0.1) is 13.2 Å². The summed E-state index contributed by atoms with van der Waals surface area (Å²) in [6.45, 7) is 5.59. The molecule has 1 aliphatic heterocycles. The van der Waals surface area contributed by atoms with Crippen LogP contribution in [0.2, 0.25) is 0 Å². The van der Waals surface area contributed by atoms with Gasteiger partial charge in [-0.25, -0.2) is 4.98 Å². The monoisotopic (exact) mass is 341 g/mol. The van der Waals surface area contributed by atoms with Gasteiger partial charge in [-0.15, -0.1) is 0 Å². The van der Waals surface area contributed by atoms with Crippen LogP contribution in [-0.4, -0.2) is 48.3 Å². The Labute approximate surface area is 149 Å². The number of aliphatic hydroxyl groups excluding tert-OH is 1. The lowest BCUT2D eigenvalue weighted by atomic mass is 10.0. The van der Waals surface area contributed by atoms with Crippen LogP contribution in [0.4, 0.5) is 5.82 Å². The summed E-state index contributed by atoms with van der Waals surface area (Å²) in [5.41, 5.74) is 2.01. The molecule has 2 N–H and O–H groups in total. The second-order valence-electron chi connectivity index (χ2n) is 6.77. The number of nitrogens with zero attached hydrogens (tertiary/aromatic N) is 2. The molecule has 5 heteroatoms. The Morgan fingerprint density at radius 3 is 3.00 bits per heavy atom. The van der Waals surface area contributed by atoms with Crippen molar-refractivity contribution in [2.45, 2.75) is 19.4 Å². The molecule has 0 spiro atoms. The number of hydrogen-bond donors (Lipinski definition) is 2. The van der Waals surface area contributed by atoms with Gasteiger partial charge in [0.2, 0.25) is 0 Å². The van der Waals surface area contributed by atoms with E-state index in [1.165, 1.54) is 0 Å². The molecule has 1 aliphatic rings. The van der Waals surface area contributed by atoms with Gasteiger partial charge >= 0.3 is 0 Å². The minimum Gasteiger partial charge on any atom is -0.496 e. The number of β-amino-alcohol motifs (C(OH)–C–C–N with tert-alkyl or cyclic N) is 1. The van der Waals surface area contributed by atoms with Crippen molar-refractivity contribution in [2.75, 3.05) is 38.6 Å². The van der Waals surface area contributed by atoms with E-state index in [0.717, 1.165) is 48.7 Å². The van der Waals surface area contributed by atoms with E-state index in [0.29, 0.717) is 12.5 Å². The van der Waals surface area contributed by atoms with Crippen molar-refractivity contribution in [3.8, 4) is 5.75 Å². The van der Waals surface area contributed by atoms with E-state index in [2.05, 4.69) is 15.2 Å². The number of anilines is 1. The first-order valence-electron chi connectivity index (χ1n) is 8.85. The van der Waals surface area contributed by atoms with Gasteiger partial charge in [-0.3, -0.25) is 0 Å². The summed E-state index contributed by atoms with van der Waals surface area (Å²) in [5.74, 6) is 2.25. The molecule has 5 nitrogen and oxygen atoms in total. The Morgan fingerprint density at radius 1 is 1.36 bits per heavy atom. The molecule has 1 fully saturated rings. The number of benzene rings is 1. The number of aliphatic hydroxyl groups is 1. The van der Waals surface area contributed by atoms with Crippen LogP contribution in [0.3, 0.4) is 0 Å². The van der Waals surface area contributed by atoms with Crippen molar-refractivity contribution in [3.05, 3.63) is 53.7 Å². The fourth-order valence-corrected chi connectivity index (χ4v) is 3.42. The highest BCUT2D eigenvalue weighted by molar-refractivity contribution is 5.38. The first-order valence-corrected chi connectivity index (χ1v) is 8.85. The number of rotatable bonds is 7. The molecule has 0 aliphatic carbocycles. The third-order valence-corrected chi connectivity index (χ3v) is 4.78. The van der Waals surface area contributed by atoms with Crippen LogP contribution in [-0.2, 0) is 0 Å². The molecule has 0 unspecified atom stereocenters. The van der Waals surface area contributed by atoms with Gasteiger partial charge in [-0.05, 0) is 50.1 Å². The van der Waals surface area contributed by atoms with Crippen LogP contribution < -0.4 is 10.1 Å². The molecule has 1 aromatic carbocycles. The zero-order valence-electron chi connectivity index (χ0n) is 15.0. The predicted octanol–water partition coefficient (Wildman–Crippen LogP) is 2.87. The fourth-order valence-electron chi connectivity index (χ4n) is 3.42. The molecule has 0 saturated carbocycles. The first-order chi connectivity index (χ1) is 12.2. The second kappa shape index (κ2) is 8.32. The number of pyridine rings is 1. The number of ether oxygens (including phenoxy) is 1. The molecule has 0 radical (unpaired) electrons. The number of hydrogen-bond acceptors (Lipinski definition) is 5. The molecule has 134 valence electrons. The third-order valence-electron chi connectivity index (χ3n) is 4.78.